The van der Waals surface area contributed by atoms with Gasteiger partial charge >= 0.3 is 6.09 Å². The van der Waals surface area contributed by atoms with E-state index in [4.69, 9.17) is 63.5 Å². The number of rotatable bonds is 34. The summed E-state index contributed by atoms with van der Waals surface area (Å²) in [5, 5.41) is 113. The van der Waals surface area contributed by atoms with Gasteiger partial charge in [0.25, 0.3) is 11.8 Å². The number of H-pyrrole nitrogens is 1. The Morgan fingerprint density at radius 1 is 0.821 bits per heavy atom. The Morgan fingerprint density at radius 3 is 2.13 bits per heavy atom. The molecule has 3 aliphatic rings. The van der Waals surface area contributed by atoms with Crippen molar-refractivity contribution in [2.75, 3.05) is 44.3 Å². The Morgan fingerprint density at radius 2 is 1.51 bits per heavy atom. The number of aliphatic hydroxyl groups excluding tert-OH is 8. The predicted octanol–water partition coefficient (Wildman–Crippen LogP) is -8.74. The van der Waals surface area contributed by atoms with Gasteiger partial charge in [-0.1, -0.05) is 6.92 Å². The number of imidazole rings is 1. The van der Waals surface area contributed by atoms with Crippen LogP contribution in [0.15, 0.2) is 22.9 Å². The molecular formula is C53H81N19O21S2. The quantitative estimate of drug-likeness (QED) is 0.0195. The number of thioether (sulfide) groups is 1. The van der Waals surface area contributed by atoms with E-state index in [2.05, 4.69) is 61.8 Å². The van der Waals surface area contributed by atoms with Crippen molar-refractivity contribution < 1.29 is 103 Å². The van der Waals surface area contributed by atoms with Crippen molar-refractivity contribution in [3.8, 4) is 0 Å². The molecule has 0 saturated carbocycles. The van der Waals surface area contributed by atoms with E-state index in [0.717, 1.165) is 12.5 Å². The molecule has 11 unspecified atom stereocenters. The van der Waals surface area contributed by atoms with Crippen LogP contribution >= 0.6 is 23.1 Å². The Balaban J connectivity index is 1.27. The second-order valence-corrected chi connectivity index (χ2v) is 24.3. The molecule has 2 fully saturated rings. The number of hydrogen-bond acceptors (Lipinski definition) is 32. The lowest BCUT2D eigenvalue weighted by molar-refractivity contribution is -0.372. The fourth-order valence-corrected chi connectivity index (χ4v) is 11.7. The smallest absolute Gasteiger partial charge is 0.404 e. The number of amidine groups is 1. The fourth-order valence-electron chi connectivity index (χ4n) is 9.76. The highest BCUT2D eigenvalue weighted by molar-refractivity contribution is 8.14. The third-order valence-electron chi connectivity index (χ3n) is 15.2. The molecule has 40 nitrogen and oxygen atoms in total. The number of nitrogens with one attached hydrogen (secondary N) is 8. The Kier molecular flexibility index (Phi) is 27.9. The van der Waals surface area contributed by atoms with Crippen molar-refractivity contribution in [1.29, 1.82) is 5.41 Å². The number of carbonyl (C=O) groups is 8. The first-order chi connectivity index (χ1) is 44.8. The third-order valence-corrected chi connectivity index (χ3v) is 17.3. The molecule has 20 atom stereocenters. The highest BCUT2D eigenvalue weighted by atomic mass is 32.2. The molecular weight excluding hydrogens is 1300 g/mol. The second-order valence-electron chi connectivity index (χ2n) is 22.3. The van der Waals surface area contributed by atoms with E-state index in [1.54, 1.807) is 5.38 Å². The van der Waals surface area contributed by atoms with E-state index in [-0.39, 0.29) is 72.9 Å². The van der Waals surface area contributed by atoms with Crippen molar-refractivity contribution in [2.24, 2.45) is 39.6 Å². The van der Waals surface area contributed by atoms with E-state index in [0.29, 0.717) is 15.8 Å². The van der Waals surface area contributed by atoms with Crippen LogP contribution in [-0.2, 0) is 47.7 Å². The highest BCUT2D eigenvalue weighted by Crippen LogP contribution is 2.36. The van der Waals surface area contributed by atoms with Gasteiger partial charge in [-0.25, -0.2) is 24.7 Å². The summed E-state index contributed by atoms with van der Waals surface area (Å²) in [5.74, 6) is -8.44. The summed E-state index contributed by atoms with van der Waals surface area (Å²) in [7, 11) is 0. The number of nitrogens with two attached hydrogens (primary N) is 6. The fraction of sp³-hybridized carbons (Fsp3) is 0.623. The minimum atomic E-state index is -2.20. The van der Waals surface area contributed by atoms with Crippen molar-refractivity contribution >= 4 is 87.2 Å². The second kappa shape index (κ2) is 34.8. The first-order valence-corrected chi connectivity index (χ1v) is 31.2. The van der Waals surface area contributed by atoms with Crippen molar-refractivity contribution in [3.63, 3.8) is 0 Å². The van der Waals surface area contributed by atoms with Crippen LogP contribution in [0.2, 0.25) is 0 Å². The molecule has 526 valence electrons. The summed E-state index contributed by atoms with van der Waals surface area (Å²) in [6.07, 6.45) is -25.0. The molecule has 3 aliphatic heterocycles. The van der Waals surface area contributed by atoms with Gasteiger partial charge in [-0.2, -0.15) is 0 Å². The summed E-state index contributed by atoms with van der Waals surface area (Å²) in [4.78, 5) is 130. The lowest BCUT2D eigenvalue weighted by atomic mass is 9.96. The molecule has 6 heterocycles. The standard InChI is InChI=1S/C53H81N19O21S2/c1-17-31(69-44(72-42(17)58)22(9-29(57)76)64-10-21(54)43(59)82)48(86)71-33(39(23-11-61-16-65-23)91-52-41(37(80)35(78)26(12-73)90-52)92-51-38(81)40(93-53(60)88)36(79)27(13-74)89-51)49(87)66-19(3)34(77)18(2)45(83)70-32(20(4)75)47(85)63-8-6-30-67-25(15-94-30)50-68-24(14-95-50)46(84)62-7-5-28(55)56/h11,14,16,18-22,25-27,32-41,51-52,64,73-75,77-81H,5-10,12-13,15,54H2,1-4H3,(H3,55,56)(H2,57,76)(H2,59,82)(H2,60,88)(H,61,65)(H,62,84)(H,63,85)(H,66,87)(H,70,83)(H,71,86)(H2,58,69,72)/t18-,19+,20+,21-,22-,25?,26?,27?,32-,33-,34-,35?,36?,37?,38?,39-,40?,41?,51?,52?/m0/s1. The van der Waals surface area contributed by atoms with Gasteiger partial charge < -0.3 is 136 Å². The largest absolute Gasteiger partial charge is 0.441 e. The number of primary amides is 3. The number of aliphatic hydroxyl groups is 8. The van der Waals surface area contributed by atoms with Gasteiger partial charge in [0.15, 0.2) is 18.7 Å². The van der Waals surface area contributed by atoms with E-state index in [1.165, 1.54) is 50.8 Å². The molecule has 0 aromatic carbocycles. The number of nitrogens with zero attached hydrogens (tertiary/aromatic N) is 5. The Hall–Kier alpha value is -7.79. The Bertz CT molecular complexity index is 3210. The van der Waals surface area contributed by atoms with Crippen LogP contribution < -0.4 is 66.3 Å². The Labute approximate surface area is 548 Å². The molecule has 95 heavy (non-hydrogen) atoms. The molecule has 0 bridgehead atoms. The number of aromatic amines is 1. The number of aromatic nitrogens is 5. The van der Waals surface area contributed by atoms with Gasteiger partial charge in [0, 0.05) is 55.6 Å². The lowest BCUT2D eigenvalue weighted by Crippen LogP contribution is -2.65. The number of aliphatic imine (C=N–C) groups is 1. The average molecular weight is 1380 g/mol. The van der Waals surface area contributed by atoms with E-state index < -0.39 is 189 Å². The minimum Gasteiger partial charge on any atom is -0.441 e. The molecule has 0 aliphatic carbocycles. The maximum atomic E-state index is 15.2. The van der Waals surface area contributed by atoms with Crippen LogP contribution in [0.1, 0.15) is 101 Å². The molecule has 3 aromatic heterocycles. The van der Waals surface area contributed by atoms with E-state index in [1.807, 2.05) is 0 Å². The van der Waals surface area contributed by atoms with Gasteiger partial charge in [0.05, 0.1) is 78.6 Å². The van der Waals surface area contributed by atoms with Gasteiger partial charge in [-0.05, 0) is 20.8 Å². The topological polar surface area (TPSA) is 676 Å². The summed E-state index contributed by atoms with van der Waals surface area (Å²) >= 11 is 2.64. The monoisotopic (exact) mass is 1380 g/mol. The first kappa shape index (κ1) is 76.2. The van der Waals surface area contributed by atoms with Crippen LogP contribution in [0.5, 0.6) is 0 Å². The molecule has 6 rings (SSSR count). The number of nitrogen functional groups attached to an aromatic ring is 1. The lowest BCUT2D eigenvalue weighted by Gasteiger charge is -2.47. The number of carbonyl (C=O) groups excluding carboxylic acids is 8. The summed E-state index contributed by atoms with van der Waals surface area (Å²) < 4.78 is 28.7. The molecule has 28 N–H and O–H groups in total. The average Bonchev–Trinajstić information content (AvgIpc) is 1.31. The predicted molar refractivity (Wildman–Crippen MR) is 329 cm³/mol. The van der Waals surface area contributed by atoms with Crippen molar-refractivity contribution in [2.45, 2.75) is 163 Å². The van der Waals surface area contributed by atoms with E-state index >= 15 is 4.79 Å². The first-order valence-electron chi connectivity index (χ1n) is 29.4. The number of anilines is 1. The zero-order chi connectivity index (χ0) is 70.3. The maximum absolute atomic E-state index is 15.2. The number of thiazole rings is 1. The number of ether oxygens (including phenoxy) is 5. The van der Waals surface area contributed by atoms with Crippen molar-refractivity contribution in [3.05, 3.63) is 51.4 Å². The SMILES string of the molecule is Cc1c(N)nc([C@H](CC(N)=O)NC[C@H](N)C(N)=O)nc1C(=O)N[C@H](C(=O)N[C@H](C)[C@@H](O)[C@H](C)C(=O)N[C@H](C(=O)NCCC1=NC(c2nc(C(=O)NCCC(=N)N)cs2)CS1)[C@@H](C)O)[C@@H](OC1OC(CO)C(O)C(O)C1OC1OC(CO)C(O)C(OC(N)=O)C1O)c1cnc[nH]1. The van der Waals surface area contributed by atoms with Gasteiger partial charge in [-0.15, -0.1) is 23.1 Å². The molecule has 8 amide bonds. The third kappa shape index (κ3) is 20.1. The summed E-state index contributed by atoms with van der Waals surface area (Å²) in [5.41, 5.74) is 32.8. The van der Waals surface area contributed by atoms with Crippen LogP contribution in [0.3, 0.4) is 0 Å². The summed E-state index contributed by atoms with van der Waals surface area (Å²) in [6.45, 7) is 2.79. The van der Waals surface area contributed by atoms with Gasteiger partial charge in [0.1, 0.15) is 95.0 Å². The molecule has 2 saturated heterocycles. The van der Waals surface area contributed by atoms with Gasteiger partial charge in [-0.3, -0.25) is 44.0 Å². The molecule has 3 aromatic rings. The minimum absolute atomic E-state index is 0.000221. The van der Waals surface area contributed by atoms with Crippen LogP contribution in [0.25, 0.3) is 0 Å². The number of hydrogen-bond donors (Lipinski definition) is 22. The van der Waals surface area contributed by atoms with Crippen LogP contribution in [0.4, 0.5) is 10.6 Å². The normalized spacial score (nSPS) is 25.6. The van der Waals surface area contributed by atoms with E-state index in [9.17, 15) is 74.4 Å². The summed E-state index contributed by atoms with van der Waals surface area (Å²) in [6, 6.07) is -8.25. The molecule has 0 spiro atoms. The zero-order valence-electron chi connectivity index (χ0n) is 51.5. The number of amides is 8. The maximum Gasteiger partial charge on any atom is 0.404 e. The highest BCUT2D eigenvalue weighted by Gasteiger charge is 2.54. The zero-order valence-corrected chi connectivity index (χ0v) is 53.2. The molecule has 42 heteroatoms. The van der Waals surface area contributed by atoms with Crippen LogP contribution in [-0.4, -0.2) is 260 Å². The van der Waals surface area contributed by atoms with Crippen LogP contribution in [0, 0.1) is 18.3 Å². The van der Waals surface area contributed by atoms with Gasteiger partial charge in [0.2, 0.25) is 29.5 Å². The molecule has 0 radical (unpaired) electrons. The van der Waals surface area contributed by atoms with Crippen molar-refractivity contribution in [1.82, 2.24) is 56.8 Å².